The molecule has 0 aliphatic carbocycles. The van der Waals surface area contributed by atoms with Gasteiger partial charge in [-0.3, -0.25) is 4.79 Å². The van der Waals surface area contributed by atoms with Gasteiger partial charge in [-0.05, 0) is 35.3 Å². The quantitative estimate of drug-likeness (QED) is 0.546. The Kier molecular flexibility index (Phi) is 4.75. The van der Waals surface area contributed by atoms with Crippen LogP contribution in [-0.4, -0.2) is 5.78 Å². The van der Waals surface area contributed by atoms with E-state index in [2.05, 4.69) is 26.0 Å². The van der Waals surface area contributed by atoms with Crippen molar-refractivity contribution in [2.75, 3.05) is 0 Å². The Hall–Kier alpha value is -1.86. The van der Waals surface area contributed by atoms with Crippen molar-refractivity contribution in [3.8, 4) is 0 Å². The SMILES string of the molecule is CC(C)c1ccc(/C=C/C(=O)c2cccc(Cl)c2)cc1. The van der Waals surface area contributed by atoms with Gasteiger partial charge in [0.05, 0.1) is 0 Å². The van der Waals surface area contributed by atoms with E-state index in [1.165, 1.54) is 5.56 Å². The number of carbonyl (C=O) groups excluding carboxylic acids is 1. The monoisotopic (exact) mass is 284 g/mol. The van der Waals surface area contributed by atoms with Gasteiger partial charge in [-0.25, -0.2) is 0 Å². The van der Waals surface area contributed by atoms with Crippen molar-refractivity contribution in [2.24, 2.45) is 0 Å². The fraction of sp³-hybridized carbons (Fsp3) is 0.167. The van der Waals surface area contributed by atoms with Crippen molar-refractivity contribution < 1.29 is 4.79 Å². The van der Waals surface area contributed by atoms with Crippen LogP contribution >= 0.6 is 11.6 Å². The summed E-state index contributed by atoms with van der Waals surface area (Å²) in [4.78, 5) is 12.0. The summed E-state index contributed by atoms with van der Waals surface area (Å²) in [6.07, 6.45) is 3.41. The number of rotatable bonds is 4. The highest BCUT2D eigenvalue weighted by atomic mass is 35.5. The van der Waals surface area contributed by atoms with Crippen molar-refractivity contribution in [3.63, 3.8) is 0 Å². The van der Waals surface area contributed by atoms with Gasteiger partial charge in [0.25, 0.3) is 0 Å². The number of hydrogen-bond donors (Lipinski definition) is 0. The molecule has 0 saturated heterocycles. The largest absolute Gasteiger partial charge is 0.289 e. The summed E-state index contributed by atoms with van der Waals surface area (Å²) in [7, 11) is 0. The lowest BCUT2D eigenvalue weighted by molar-refractivity contribution is 0.104. The standard InChI is InChI=1S/C18H17ClO/c1-13(2)15-9-6-14(7-10-15)8-11-18(20)16-4-3-5-17(19)12-16/h3-13H,1-2H3/b11-8+. The Labute approximate surface area is 124 Å². The first-order chi connectivity index (χ1) is 9.56. The van der Waals surface area contributed by atoms with E-state index in [0.717, 1.165) is 5.56 Å². The third-order valence-corrected chi connectivity index (χ3v) is 3.37. The molecule has 0 saturated carbocycles. The van der Waals surface area contributed by atoms with Gasteiger partial charge in [0, 0.05) is 10.6 Å². The van der Waals surface area contributed by atoms with Crippen LogP contribution < -0.4 is 0 Å². The van der Waals surface area contributed by atoms with Crippen molar-refractivity contribution >= 4 is 23.5 Å². The third-order valence-electron chi connectivity index (χ3n) is 3.14. The van der Waals surface area contributed by atoms with Gasteiger partial charge in [-0.2, -0.15) is 0 Å². The van der Waals surface area contributed by atoms with E-state index in [0.29, 0.717) is 16.5 Å². The molecule has 102 valence electrons. The average molecular weight is 285 g/mol. The normalized spacial score (nSPS) is 11.2. The van der Waals surface area contributed by atoms with Crippen molar-refractivity contribution in [2.45, 2.75) is 19.8 Å². The molecule has 0 aliphatic heterocycles. The zero-order valence-corrected chi connectivity index (χ0v) is 12.4. The predicted molar refractivity (Wildman–Crippen MR) is 85.3 cm³/mol. The lowest BCUT2D eigenvalue weighted by atomic mass is 10.0. The van der Waals surface area contributed by atoms with Crippen molar-refractivity contribution in [3.05, 3.63) is 76.3 Å². The first-order valence-electron chi connectivity index (χ1n) is 6.64. The minimum atomic E-state index is -0.0413. The van der Waals surface area contributed by atoms with Gasteiger partial charge in [-0.15, -0.1) is 0 Å². The smallest absolute Gasteiger partial charge is 0.185 e. The fourth-order valence-electron chi connectivity index (χ4n) is 1.90. The second-order valence-corrected chi connectivity index (χ2v) is 5.47. The van der Waals surface area contributed by atoms with E-state index >= 15 is 0 Å². The fourth-order valence-corrected chi connectivity index (χ4v) is 2.09. The molecule has 0 fully saturated rings. The van der Waals surface area contributed by atoms with Crippen LogP contribution in [0.25, 0.3) is 6.08 Å². The maximum atomic E-state index is 12.0. The molecule has 2 aromatic rings. The molecule has 2 aromatic carbocycles. The molecule has 0 aromatic heterocycles. The second kappa shape index (κ2) is 6.53. The highest BCUT2D eigenvalue weighted by Crippen LogP contribution is 2.16. The van der Waals surface area contributed by atoms with E-state index < -0.39 is 0 Å². The molecule has 0 heterocycles. The molecule has 0 unspecified atom stereocenters. The van der Waals surface area contributed by atoms with Crippen LogP contribution in [0.1, 0.15) is 41.3 Å². The van der Waals surface area contributed by atoms with Crippen LogP contribution in [0.15, 0.2) is 54.6 Å². The molecular weight excluding hydrogens is 268 g/mol. The molecular formula is C18H17ClO. The maximum Gasteiger partial charge on any atom is 0.185 e. The van der Waals surface area contributed by atoms with Crippen molar-refractivity contribution in [1.82, 2.24) is 0 Å². The molecule has 0 atom stereocenters. The lowest BCUT2D eigenvalue weighted by Crippen LogP contribution is -1.93. The molecule has 1 nitrogen and oxygen atoms in total. The summed E-state index contributed by atoms with van der Waals surface area (Å²) in [5.41, 5.74) is 2.92. The highest BCUT2D eigenvalue weighted by molar-refractivity contribution is 6.31. The van der Waals surface area contributed by atoms with Crippen LogP contribution in [0.4, 0.5) is 0 Å². The van der Waals surface area contributed by atoms with E-state index in [4.69, 9.17) is 11.6 Å². The van der Waals surface area contributed by atoms with Gasteiger partial charge >= 0.3 is 0 Å². The maximum absolute atomic E-state index is 12.0. The van der Waals surface area contributed by atoms with E-state index in [-0.39, 0.29) is 5.78 Å². The molecule has 0 N–H and O–H groups in total. The predicted octanol–water partition coefficient (Wildman–Crippen LogP) is 5.36. The number of halogens is 1. The summed E-state index contributed by atoms with van der Waals surface area (Å²) in [5.74, 6) is 0.474. The van der Waals surface area contributed by atoms with Crippen LogP contribution in [0.5, 0.6) is 0 Å². The molecule has 0 spiro atoms. The van der Waals surface area contributed by atoms with E-state index in [1.807, 2.05) is 18.2 Å². The third kappa shape index (κ3) is 3.82. The molecule has 0 amide bonds. The Morgan fingerprint density at radius 2 is 1.80 bits per heavy atom. The van der Waals surface area contributed by atoms with Gasteiger partial charge in [-0.1, -0.05) is 67.9 Å². The van der Waals surface area contributed by atoms with Gasteiger partial charge in [0.15, 0.2) is 5.78 Å². The molecule has 2 heteroatoms. The molecule has 0 bridgehead atoms. The number of carbonyl (C=O) groups is 1. The summed E-state index contributed by atoms with van der Waals surface area (Å²) >= 11 is 5.88. The summed E-state index contributed by atoms with van der Waals surface area (Å²) in [6, 6.07) is 15.2. The van der Waals surface area contributed by atoms with Gasteiger partial charge < -0.3 is 0 Å². The summed E-state index contributed by atoms with van der Waals surface area (Å²) in [5, 5.41) is 0.575. The number of benzene rings is 2. The van der Waals surface area contributed by atoms with E-state index in [9.17, 15) is 4.79 Å². The minimum Gasteiger partial charge on any atom is -0.289 e. The first kappa shape index (κ1) is 14.5. The second-order valence-electron chi connectivity index (χ2n) is 5.03. The molecule has 2 rings (SSSR count). The van der Waals surface area contributed by atoms with Gasteiger partial charge in [0.1, 0.15) is 0 Å². The Morgan fingerprint density at radius 1 is 1.10 bits per heavy atom. The topological polar surface area (TPSA) is 17.1 Å². The Balaban J connectivity index is 2.11. The zero-order chi connectivity index (χ0) is 14.5. The number of hydrogen-bond acceptors (Lipinski definition) is 1. The highest BCUT2D eigenvalue weighted by Gasteiger charge is 2.02. The zero-order valence-electron chi connectivity index (χ0n) is 11.6. The molecule has 0 aliphatic rings. The Morgan fingerprint density at radius 3 is 2.40 bits per heavy atom. The Bertz CT molecular complexity index is 624. The van der Waals surface area contributed by atoms with Crippen molar-refractivity contribution in [1.29, 1.82) is 0 Å². The first-order valence-corrected chi connectivity index (χ1v) is 7.02. The minimum absolute atomic E-state index is 0.0413. The number of allylic oxidation sites excluding steroid dienone is 1. The van der Waals surface area contributed by atoms with E-state index in [1.54, 1.807) is 30.3 Å². The molecule has 0 radical (unpaired) electrons. The molecule has 20 heavy (non-hydrogen) atoms. The summed E-state index contributed by atoms with van der Waals surface area (Å²) < 4.78 is 0. The van der Waals surface area contributed by atoms with Crippen LogP contribution in [0, 0.1) is 0 Å². The lowest BCUT2D eigenvalue weighted by Gasteiger charge is -2.04. The number of ketones is 1. The average Bonchev–Trinajstić information content (AvgIpc) is 2.45. The summed E-state index contributed by atoms with van der Waals surface area (Å²) in [6.45, 7) is 4.32. The van der Waals surface area contributed by atoms with Crippen LogP contribution in [-0.2, 0) is 0 Å². The van der Waals surface area contributed by atoms with Gasteiger partial charge in [0.2, 0.25) is 0 Å². The van der Waals surface area contributed by atoms with Crippen LogP contribution in [0.2, 0.25) is 5.02 Å². The van der Waals surface area contributed by atoms with Crippen LogP contribution in [0.3, 0.4) is 0 Å².